The molecule has 0 bridgehead atoms. The maximum absolute atomic E-state index is 8.48. The molecule has 0 amide bonds. The SMILES string of the molecule is C=CCOc1cc(Br)c(C=NO)cc1OC. The first-order chi connectivity index (χ1) is 7.72. The highest BCUT2D eigenvalue weighted by Gasteiger charge is 2.08. The zero-order chi connectivity index (χ0) is 12.0. The predicted molar refractivity (Wildman–Crippen MR) is 65.8 cm³/mol. The third-order valence-electron chi connectivity index (χ3n) is 1.84. The van der Waals surface area contributed by atoms with Crippen LogP contribution in [0.3, 0.4) is 0 Å². The van der Waals surface area contributed by atoms with E-state index in [2.05, 4.69) is 27.7 Å². The summed E-state index contributed by atoms with van der Waals surface area (Å²) in [5, 5.41) is 11.4. The summed E-state index contributed by atoms with van der Waals surface area (Å²) >= 11 is 3.34. The van der Waals surface area contributed by atoms with Crippen LogP contribution in [0.5, 0.6) is 11.5 Å². The van der Waals surface area contributed by atoms with Gasteiger partial charge in [0.25, 0.3) is 0 Å². The molecule has 0 aliphatic rings. The molecule has 0 saturated heterocycles. The topological polar surface area (TPSA) is 51.0 Å². The Morgan fingerprint density at radius 3 is 2.81 bits per heavy atom. The highest BCUT2D eigenvalue weighted by molar-refractivity contribution is 9.10. The number of oxime groups is 1. The quantitative estimate of drug-likeness (QED) is 0.392. The molecular formula is C11H12BrNO3. The van der Waals surface area contributed by atoms with Gasteiger partial charge >= 0.3 is 0 Å². The number of methoxy groups -OCH3 is 1. The second-order valence-electron chi connectivity index (χ2n) is 2.87. The standard InChI is InChI=1S/C11H12BrNO3/c1-3-4-16-11-6-9(12)8(7-13-14)5-10(11)15-2/h3,5-7,14H,1,4H2,2H3. The van der Waals surface area contributed by atoms with Gasteiger partial charge in [0.05, 0.1) is 13.3 Å². The van der Waals surface area contributed by atoms with Crippen LogP contribution >= 0.6 is 15.9 Å². The van der Waals surface area contributed by atoms with Gasteiger partial charge in [0.15, 0.2) is 11.5 Å². The van der Waals surface area contributed by atoms with Crippen LogP contribution in [0.4, 0.5) is 0 Å². The van der Waals surface area contributed by atoms with E-state index in [0.717, 1.165) is 4.47 Å². The summed E-state index contributed by atoms with van der Waals surface area (Å²) in [5.41, 5.74) is 0.699. The van der Waals surface area contributed by atoms with Gasteiger partial charge in [0.2, 0.25) is 0 Å². The molecule has 0 atom stereocenters. The molecule has 0 spiro atoms. The van der Waals surface area contributed by atoms with Crippen molar-refractivity contribution in [2.24, 2.45) is 5.16 Å². The number of nitrogens with zero attached hydrogens (tertiary/aromatic N) is 1. The van der Waals surface area contributed by atoms with Gasteiger partial charge in [-0.25, -0.2) is 0 Å². The van der Waals surface area contributed by atoms with Gasteiger partial charge in [0.1, 0.15) is 6.61 Å². The van der Waals surface area contributed by atoms with Crippen molar-refractivity contribution in [1.82, 2.24) is 0 Å². The molecule has 0 aromatic heterocycles. The molecule has 86 valence electrons. The smallest absolute Gasteiger partial charge is 0.162 e. The van der Waals surface area contributed by atoms with E-state index in [9.17, 15) is 0 Å². The van der Waals surface area contributed by atoms with Crippen molar-refractivity contribution in [2.45, 2.75) is 0 Å². The maximum Gasteiger partial charge on any atom is 0.162 e. The highest BCUT2D eigenvalue weighted by atomic mass is 79.9. The average Bonchev–Trinajstić information content (AvgIpc) is 2.29. The molecule has 0 saturated carbocycles. The Bertz CT molecular complexity index is 404. The molecule has 1 rings (SSSR count). The van der Waals surface area contributed by atoms with Crippen LogP contribution in [0.25, 0.3) is 0 Å². The largest absolute Gasteiger partial charge is 0.493 e. The molecule has 0 aliphatic heterocycles. The summed E-state index contributed by atoms with van der Waals surface area (Å²) in [5.74, 6) is 1.17. The van der Waals surface area contributed by atoms with E-state index >= 15 is 0 Å². The molecule has 1 N–H and O–H groups in total. The summed E-state index contributed by atoms with van der Waals surface area (Å²) in [7, 11) is 1.55. The highest BCUT2D eigenvalue weighted by Crippen LogP contribution is 2.32. The van der Waals surface area contributed by atoms with Gasteiger partial charge < -0.3 is 14.7 Å². The van der Waals surface area contributed by atoms with Gasteiger partial charge in [-0.3, -0.25) is 0 Å². The van der Waals surface area contributed by atoms with Crippen LogP contribution in [0.15, 0.2) is 34.4 Å². The number of hydrogen-bond donors (Lipinski definition) is 1. The van der Waals surface area contributed by atoms with E-state index in [4.69, 9.17) is 14.7 Å². The molecule has 0 aliphatic carbocycles. The Morgan fingerprint density at radius 2 is 2.25 bits per heavy atom. The van der Waals surface area contributed by atoms with E-state index in [-0.39, 0.29) is 0 Å². The fourth-order valence-electron chi connectivity index (χ4n) is 1.13. The van der Waals surface area contributed by atoms with Crippen LogP contribution in [0, 0.1) is 0 Å². The Balaban J connectivity index is 3.09. The van der Waals surface area contributed by atoms with Gasteiger partial charge in [-0.2, -0.15) is 0 Å². The van der Waals surface area contributed by atoms with E-state index in [1.54, 1.807) is 25.3 Å². The minimum atomic E-state index is 0.399. The minimum Gasteiger partial charge on any atom is -0.493 e. The van der Waals surface area contributed by atoms with E-state index < -0.39 is 0 Å². The first-order valence-corrected chi connectivity index (χ1v) is 5.31. The number of benzene rings is 1. The number of rotatable bonds is 5. The molecular weight excluding hydrogens is 274 g/mol. The lowest BCUT2D eigenvalue weighted by molar-refractivity contribution is 0.321. The molecule has 1 aromatic rings. The first-order valence-electron chi connectivity index (χ1n) is 4.51. The molecule has 0 unspecified atom stereocenters. The van der Waals surface area contributed by atoms with Crippen molar-refractivity contribution in [3.63, 3.8) is 0 Å². The van der Waals surface area contributed by atoms with E-state index in [1.165, 1.54) is 6.21 Å². The summed E-state index contributed by atoms with van der Waals surface area (Å²) in [6.07, 6.45) is 2.96. The van der Waals surface area contributed by atoms with Crippen LogP contribution in [0.1, 0.15) is 5.56 Å². The van der Waals surface area contributed by atoms with Crippen LogP contribution in [-0.2, 0) is 0 Å². The number of ether oxygens (including phenoxy) is 2. The predicted octanol–water partition coefficient (Wildman–Crippen LogP) is 2.83. The van der Waals surface area contributed by atoms with Crippen LogP contribution in [0.2, 0.25) is 0 Å². The molecule has 0 radical (unpaired) electrons. The Labute approximate surface area is 102 Å². The fraction of sp³-hybridized carbons (Fsp3) is 0.182. The average molecular weight is 286 g/mol. The summed E-state index contributed by atoms with van der Waals surface area (Å²) in [6.45, 7) is 3.97. The van der Waals surface area contributed by atoms with Crippen molar-refractivity contribution in [1.29, 1.82) is 0 Å². The second-order valence-corrected chi connectivity index (χ2v) is 3.72. The lowest BCUT2D eigenvalue weighted by Gasteiger charge is -2.11. The second kappa shape index (κ2) is 6.17. The molecule has 5 heteroatoms. The number of hydrogen-bond acceptors (Lipinski definition) is 4. The summed E-state index contributed by atoms with van der Waals surface area (Å²) in [4.78, 5) is 0. The van der Waals surface area contributed by atoms with Gasteiger partial charge in [-0.1, -0.05) is 17.8 Å². The number of halogens is 1. The molecule has 4 nitrogen and oxygen atoms in total. The lowest BCUT2D eigenvalue weighted by atomic mass is 10.2. The van der Waals surface area contributed by atoms with Crippen molar-refractivity contribution in [3.8, 4) is 11.5 Å². The molecule has 16 heavy (non-hydrogen) atoms. The van der Waals surface area contributed by atoms with E-state index in [0.29, 0.717) is 23.7 Å². The zero-order valence-electron chi connectivity index (χ0n) is 8.81. The summed E-state index contributed by atoms with van der Waals surface area (Å²) < 4.78 is 11.3. The monoisotopic (exact) mass is 285 g/mol. The zero-order valence-corrected chi connectivity index (χ0v) is 10.4. The third-order valence-corrected chi connectivity index (χ3v) is 2.52. The van der Waals surface area contributed by atoms with Crippen molar-refractivity contribution >= 4 is 22.1 Å². The Morgan fingerprint density at radius 1 is 1.50 bits per heavy atom. The normalized spacial score (nSPS) is 10.4. The first kappa shape index (κ1) is 12.6. The van der Waals surface area contributed by atoms with Crippen molar-refractivity contribution in [3.05, 3.63) is 34.8 Å². The molecule has 1 aromatic carbocycles. The van der Waals surface area contributed by atoms with Crippen LogP contribution in [-0.4, -0.2) is 25.1 Å². The van der Waals surface area contributed by atoms with Crippen LogP contribution < -0.4 is 9.47 Å². The van der Waals surface area contributed by atoms with Crippen molar-refractivity contribution in [2.75, 3.05) is 13.7 Å². The van der Waals surface area contributed by atoms with Gasteiger partial charge in [-0.05, 0) is 28.1 Å². The maximum atomic E-state index is 8.48. The van der Waals surface area contributed by atoms with Gasteiger partial charge in [-0.15, -0.1) is 0 Å². The Hall–Kier alpha value is -1.49. The summed E-state index contributed by atoms with van der Waals surface area (Å²) in [6, 6.07) is 3.46. The fourth-order valence-corrected chi connectivity index (χ4v) is 1.56. The molecule has 0 heterocycles. The Kier molecular flexibility index (Phi) is 4.85. The third kappa shape index (κ3) is 3.00. The van der Waals surface area contributed by atoms with Crippen molar-refractivity contribution < 1.29 is 14.7 Å². The van der Waals surface area contributed by atoms with Gasteiger partial charge in [0, 0.05) is 10.0 Å². The lowest BCUT2D eigenvalue weighted by Crippen LogP contribution is -1.98. The minimum absolute atomic E-state index is 0.399. The van der Waals surface area contributed by atoms with E-state index in [1.807, 2.05) is 0 Å². The molecule has 0 fully saturated rings.